The maximum absolute atomic E-state index is 8.38. The average molecular weight is 649 g/mol. The van der Waals surface area contributed by atoms with Gasteiger partial charge in [0.1, 0.15) is 0 Å². The van der Waals surface area contributed by atoms with Crippen molar-refractivity contribution in [3.8, 4) is 67.5 Å². The fourth-order valence-corrected chi connectivity index (χ4v) is 7.34. The lowest BCUT2D eigenvalue weighted by Gasteiger charge is -2.10. The molecule has 0 unspecified atom stereocenters. The first kappa shape index (κ1) is 24.0. The number of benzene rings is 7. The highest BCUT2D eigenvalue weighted by Gasteiger charge is 2.17. The van der Waals surface area contributed by atoms with E-state index in [1.807, 2.05) is 91.0 Å². The van der Waals surface area contributed by atoms with Crippen LogP contribution in [0.5, 0.6) is 0 Å². The van der Waals surface area contributed by atoms with E-state index in [0.717, 1.165) is 54.4 Å². The molecule has 2 aromatic heterocycles. The van der Waals surface area contributed by atoms with Crippen LogP contribution in [0.1, 0.15) is 6.85 Å². The minimum atomic E-state index is -0.396. The molecular weight excluding hydrogens is 615 g/mol. The van der Waals surface area contributed by atoms with Gasteiger partial charge in [-0.05, 0) is 57.6 Å². The van der Waals surface area contributed by atoms with E-state index in [2.05, 4.69) is 54.6 Å². The van der Waals surface area contributed by atoms with Crippen LogP contribution < -0.4 is 0 Å². The number of hydrogen-bond acceptors (Lipinski definition) is 4. The van der Waals surface area contributed by atoms with Crippen molar-refractivity contribution in [3.05, 3.63) is 176 Å². The van der Waals surface area contributed by atoms with Gasteiger partial charge in [0.05, 0.1) is 6.85 Å². The summed E-state index contributed by atoms with van der Waals surface area (Å²) in [6.07, 6.45) is 0. The highest BCUT2D eigenvalue weighted by molar-refractivity contribution is 7.26. The van der Waals surface area contributed by atoms with Gasteiger partial charge in [0.15, 0.2) is 17.5 Å². The normalized spacial score (nSPS) is 12.7. The van der Waals surface area contributed by atoms with Gasteiger partial charge in [-0.2, -0.15) is 0 Å². The smallest absolute Gasteiger partial charge is 0.164 e. The van der Waals surface area contributed by atoms with Crippen LogP contribution in [0.3, 0.4) is 0 Å². The zero-order chi connectivity index (χ0) is 36.9. The van der Waals surface area contributed by atoms with Crippen molar-refractivity contribution < 1.29 is 6.85 Å². The molecule has 0 amide bonds. The molecule has 0 spiro atoms. The number of aromatic nitrogens is 3. The van der Waals surface area contributed by atoms with Crippen LogP contribution in [0, 0.1) is 0 Å². The third-order valence-electron chi connectivity index (χ3n) is 8.64. The van der Waals surface area contributed by atoms with E-state index in [-0.39, 0.29) is 29.7 Å². The molecule has 0 saturated heterocycles. The number of hydrogen-bond donors (Lipinski definition) is 0. The molecule has 0 fully saturated rings. The number of thiophene rings is 1. The predicted octanol–water partition coefficient (Wildman–Crippen LogP) is 12.2. The molecule has 230 valence electrons. The van der Waals surface area contributed by atoms with Gasteiger partial charge in [0.25, 0.3) is 0 Å². The van der Waals surface area contributed by atoms with Crippen LogP contribution in [0.25, 0.3) is 87.7 Å². The SMILES string of the molecule is [2H]c1c([2H])c([2H])c(-c2ccc(-c3cccc(-c4ccc5sc6cccc(-c7nc(-c8ccccc8)nc(-c8ccccc8)n7)c6c5c4)c3)cc2)c([2H])c1[2H]. The molecule has 3 nitrogen and oxygen atoms in total. The molecule has 7 aromatic carbocycles. The molecule has 9 rings (SSSR count). The molecule has 0 bridgehead atoms. The van der Waals surface area contributed by atoms with Gasteiger partial charge in [-0.25, -0.2) is 15.0 Å². The lowest BCUT2D eigenvalue weighted by molar-refractivity contribution is 1.08. The Bertz CT molecular complexity index is 2790. The Morgan fingerprint density at radius 1 is 0.388 bits per heavy atom. The van der Waals surface area contributed by atoms with Crippen molar-refractivity contribution >= 4 is 31.5 Å². The third-order valence-corrected chi connectivity index (χ3v) is 9.77. The second kappa shape index (κ2) is 12.4. The summed E-state index contributed by atoms with van der Waals surface area (Å²) in [4.78, 5) is 15.0. The first-order chi connectivity index (χ1) is 26.3. The van der Waals surface area contributed by atoms with Crippen molar-refractivity contribution in [3.63, 3.8) is 0 Å². The average Bonchev–Trinajstić information content (AvgIpc) is 3.61. The number of rotatable bonds is 6. The lowest BCUT2D eigenvalue weighted by Crippen LogP contribution is -2.00. The van der Waals surface area contributed by atoms with Crippen LogP contribution in [-0.4, -0.2) is 15.0 Å². The van der Waals surface area contributed by atoms with E-state index < -0.39 is 6.04 Å². The fourth-order valence-electron chi connectivity index (χ4n) is 6.22. The molecule has 0 aliphatic carbocycles. The molecule has 9 aromatic rings. The van der Waals surface area contributed by atoms with Crippen LogP contribution in [0.4, 0.5) is 0 Å². The molecular formula is C45H29N3S. The van der Waals surface area contributed by atoms with Crippen molar-refractivity contribution in [2.24, 2.45) is 0 Å². The molecule has 0 saturated carbocycles. The maximum atomic E-state index is 8.38. The van der Waals surface area contributed by atoms with Crippen molar-refractivity contribution in [2.75, 3.05) is 0 Å². The van der Waals surface area contributed by atoms with E-state index in [0.29, 0.717) is 23.0 Å². The van der Waals surface area contributed by atoms with Crippen molar-refractivity contribution in [1.29, 1.82) is 0 Å². The third kappa shape index (κ3) is 5.58. The summed E-state index contributed by atoms with van der Waals surface area (Å²) < 4.78 is 43.2. The van der Waals surface area contributed by atoms with Gasteiger partial charge >= 0.3 is 0 Å². The van der Waals surface area contributed by atoms with Gasteiger partial charge in [-0.3, -0.25) is 0 Å². The second-order valence-electron chi connectivity index (χ2n) is 11.7. The Balaban J connectivity index is 1.13. The topological polar surface area (TPSA) is 38.7 Å². The van der Waals surface area contributed by atoms with Gasteiger partial charge < -0.3 is 0 Å². The first-order valence-electron chi connectivity index (χ1n) is 18.4. The number of nitrogens with zero attached hydrogens (tertiary/aromatic N) is 3. The van der Waals surface area contributed by atoms with Gasteiger partial charge in [0, 0.05) is 36.9 Å². The summed E-state index contributed by atoms with van der Waals surface area (Å²) in [5.74, 6) is 1.86. The quantitative estimate of drug-likeness (QED) is 0.180. The highest BCUT2D eigenvalue weighted by Crippen LogP contribution is 2.41. The molecule has 0 N–H and O–H groups in total. The van der Waals surface area contributed by atoms with Gasteiger partial charge in [0.2, 0.25) is 0 Å². The fraction of sp³-hybridized carbons (Fsp3) is 0. The van der Waals surface area contributed by atoms with E-state index >= 15 is 0 Å². The Labute approximate surface area is 295 Å². The molecule has 49 heavy (non-hydrogen) atoms. The Morgan fingerprint density at radius 2 is 0.918 bits per heavy atom. The van der Waals surface area contributed by atoms with Gasteiger partial charge in [-0.1, -0.05) is 152 Å². The zero-order valence-corrected chi connectivity index (χ0v) is 26.9. The summed E-state index contributed by atoms with van der Waals surface area (Å²) in [5, 5.41) is 2.22. The van der Waals surface area contributed by atoms with Gasteiger partial charge in [-0.15, -0.1) is 11.3 Å². The first-order valence-corrected chi connectivity index (χ1v) is 16.8. The summed E-state index contributed by atoms with van der Waals surface area (Å²) in [6, 6.07) is 47.2. The van der Waals surface area contributed by atoms with Crippen molar-refractivity contribution in [1.82, 2.24) is 15.0 Å². The largest absolute Gasteiger partial charge is 0.208 e. The molecule has 0 aliphatic rings. The maximum Gasteiger partial charge on any atom is 0.164 e. The minimum Gasteiger partial charge on any atom is -0.208 e. The highest BCUT2D eigenvalue weighted by atomic mass is 32.1. The number of fused-ring (bicyclic) bond motifs is 3. The van der Waals surface area contributed by atoms with Crippen LogP contribution in [-0.2, 0) is 0 Å². The molecule has 4 heteroatoms. The molecule has 2 heterocycles. The monoisotopic (exact) mass is 648 g/mol. The van der Waals surface area contributed by atoms with E-state index in [9.17, 15) is 0 Å². The summed E-state index contributed by atoms with van der Waals surface area (Å²) in [6.45, 7) is 0. The predicted molar refractivity (Wildman–Crippen MR) is 205 cm³/mol. The van der Waals surface area contributed by atoms with E-state index in [4.69, 9.17) is 21.8 Å². The molecule has 0 radical (unpaired) electrons. The van der Waals surface area contributed by atoms with E-state index in [1.165, 1.54) is 4.70 Å². The Morgan fingerprint density at radius 3 is 1.59 bits per heavy atom. The van der Waals surface area contributed by atoms with E-state index in [1.54, 1.807) is 11.3 Å². The summed E-state index contributed by atoms with van der Waals surface area (Å²) in [7, 11) is 0. The zero-order valence-electron chi connectivity index (χ0n) is 31.1. The Hall–Kier alpha value is -6.23. The molecule has 0 aliphatic heterocycles. The minimum absolute atomic E-state index is 0.196. The molecule has 0 atom stereocenters. The standard InChI is InChI=1S/C45H29N3S/c1-4-12-30(13-5-1)31-22-24-32(25-23-31)35-18-10-19-36(28-35)37-26-27-40-39(29-37)42-38(20-11-21-41(42)49-40)45-47-43(33-14-6-2-7-15-33)46-44(48-45)34-16-8-3-9-17-34/h1-29H/i1D,4D,5D,12D,13D. The van der Waals surface area contributed by atoms with Crippen LogP contribution in [0.15, 0.2) is 176 Å². The Kier molecular flexibility index (Phi) is 6.08. The van der Waals surface area contributed by atoms with Crippen LogP contribution in [0.2, 0.25) is 0 Å². The lowest BCUT2D eigenvalue weighted by atomic mass is 9.96. The summed E-state index contributed by atoms with van der Waals surface area (Å²) >= 11 is 1.75. The van der Waals surface area contributed by atoms with Crippen molar-refractivity contribution in [2.45, 2.75) is 0 Å². The van der Waals surface area contributed by atoms with Crippen LogP contribution >= 0.6 is 11.3 Å². The summed E-state index contributed by atoms with van der Waals surface area (Å²) in [5.41, 5.74) is 7.64. The second-order valence-corrected chi connectivity index (χ2v) is 12.8.